The zero-order chi connectivity index (χ0) is 12.3. The Balaban J connectivity index is 2.03. The summed E-state index contributed by atoms with van der Waals surface area (Å²) < 4.78 is 6.90. The minimum Gasteiger partial charge on any atom is -0.491 e. The summed E-state index contributed by atoms with van der Waals surface area (Å²) >= 11 is 13.2. The van der Waals surface area contributed by atoms with Crippen LogP contribution >= 0.6 is 43.5 Å². The number of halogens is 3. The molecular weight excluding hydrogens is 367 g/mol. The molecular formula is C13H15Br2ClO. The van der Waals surface area contributed by atoms with Gasteiger partial charge in [-0.05, 0) is 31.0 Å². The van der Waals surface area contributed by atoms with E-state index in [0.29, 0.717) is 10.4 Å². The van der Waals surface area contributed by atoms with Crippen LogP contribution in [0.3, 0.4) is 0 Å². The monoisotopic (exact) mass is 380 g/mol. The van der Waals surface area contributed by atoms with Crippen LogP contribution in [0.2, 0.25) is 5.02 Å². The number of benzene rings is 1. The van der Waals surface area contributed by atoms with E-state index in [1.165, 1.54) is 25.7 Å². The highest BCUT2D eigenvalue weighted by Gasteiger charge is 2.33. The van der Waals surface area contributed by atoms with Crippen molar-refractivity contribution < 1.29 is 4.74 Å². The van der Waals surface area contributed by atoms with Gasteiger partial charge in [0, 0.05) is 15.2 Å². The topological polar surface area (TPSA) is 9.23 Å². The lowest BCUT2D eigenvalue weighted by Gasteiger charge is -2.26. The van der Waals surface area contributed by atoms with Crippen molar-refractivity contribution >= 4 is 43.5 Å². The lowest BCUT2D eigenvalue weighted by Crippen LogP contribution is -2.27. The molecule has 94 valence electrons. The maximum Gasteiger partial charge on any atom is 0.139 e. The first-order chi connectivity index (χ1) is 8.15. The van der Waals surface area contributed by atoms with E-state index in [-0.39, 0.29) is 0 Å². The van der Waals surface area contributed by atoms with Crippen molar-refractivity contribution in [1.29, 1.82) is 0 Å². The molecule has 1 aromatic rings. The highest BCUT2D eigenvalue weighted by molar-refractivity contribution is 9.10. The van der Waals surface area contributed by atoms with Gasteiger partial charge in [0.15, 0.2) is 0 Å². The molecule has 0 aliphatic heterocycles. The van der Waals surface area contributed by atoms with Gasteiger partial charge in [-0.3, -0.25) is 0 Å². The van der Waals surface area contributed by atoms with Gasteiger partial charge in [0.1, 0.15) is 5.75 Å². The third-order valence-corrected chi connectivity index (χ3v) is 5.37. The second-order valence-corrected chi connectivity index (χ2v) is 6.59. The molecule has 0 heterocycles. The summed E-state index contributed by atoms with van der Waals surface area (Å²) in [6.07, 6.45) is 5.09. The van der Waals surface area contributed by atoms with Crippen molar-refractivity contribution in [1.82, 2.24) is 0 Å². The highest BCUT2D eigenvalue weighted by atomic mass is 79.9. The predicted octanol–water partition coefficient (Wildman–Crippen LogP) is 5.44. The van der Waals surface area contributed by atoms with E-state index in [1.807, 2.05) is 18.2 Å². The molecule has 0 amide bonds. The Hall–Kier alpha value is 0.270. The summed E-state index contributed by atoms with van der Waals surface area (Å²) in [5.74, 6) is 0.772. The Morgan fingerprint density at radius 1 is 1.29 bits per heavy atom. The van der Waals surface area contributed by atoms with Crippen molar-refractivity contribution in [3.63, 3.8) is 0 Å². The normalized spacial score (nSPS) is 18.3. The first-order valence-electron chi connectivity index (χ1n) is 5.79. The predicted molar refractivity (Wildman–Crippen MR) is 79.3 cm³/mol. The molecule has 1 aliphatic rings. The fourth-order valence-corrected chi connectivity index (χ4v) is 3.49. The fourth-order valence-electron chi connectivity index (χ4n) is 2.26. The first-order valence-corrected chi connectivity index (χ1v) is 8.08. The molecule has 1 saturated carbocycles. The first kappa shape index (κ1) is 13.7. The van der Waals surface area contributed by atoms with E-state index in [0.717, 1.165) is 22.2 Å². The zero-order valence-corrected chi connectivity index (χ0v) is 13.4. The van der Waals surface area contributed by atoms with Gasteiger partial charge in [-0.25, -0.2) is 0 Å². The Morgan fingerprint density at radius 3 is 2.65 bits per heavy atom. The average molecular weight is 383 g/mol. The fraction of sp³-hybridized carbons (Fsp3) is 0.538. The third-order valence-electron chi connectivity index (χ3n) is 3.37. The van der Waals surface area contributed by atoms with Gasteiger partial charge in [-0.15, -0.1) is 0 Å². The van der Waals surface area contributed by atoms with E-state index in [9.17, 15) is 0 Å². The molecule has 1 nitrogen and oxygen atoms in total. The molecule has 0 atom stereocenters. The molecule has 0 aromatic heterocycles. The van der Waals surface area contributed by atoms with E-state index in [1.54, 1.807) is 0 Å². The summed E-state index contributed by atoms with van der Waals surface area (Å²) in [4.78, 5) is 0. The summed E-state index contributed by atoms with van der Waals surface area (Å²) in [5.41, 5.74) is 0.297. The molecule has 0 N–H and O–H groups in total. The van der Waals surface area contributed by atoms with Crippen LogP contribution in [0.5, 0.6) is 5.75 Å². The molecule has 2 rings (SSSR count). The smallest absolute Gasteiger partial charge is 0.139 e. The second-order valence-electron chi connectivity index (χ2n) is 4.70. The second kappa shape index (κ2) is 5.94. The number of rotatable bonds is 4. The maximum atomic E-state index is 6.11. The van der Waals surface area contributed by atoms with Crippen LogP contribution in [0.4, 0.5) is 0 Å². The number of alkyl halides is 1. The van der Waals surface area contributed by atoms with Crippen LogP contribution in [-0.2, 0) is 0 Å². The number of ether oxygens (including phenoxy) is 1. The summed E-state index contributed by atoms with van der Waals surface area (Å²) in [6.45, 7) is 0.744. The quantitative estimate of drug-likeness (QED) is 0.631. The minimum absolute atomic E-state index is 0.297. The van der Waals surface area contributed by atoms with Crippen LogP contribution < -0.4 is 4.74 Å². The Kier molecular flexibility index (Phi) is 4.79. The van der Waals surface area contributed by atoms with E-state index >= 15 is 0 Å². The van der Waals surface area contributed by atoms with Crippen LogP contribution in [0, 0.1) is 5.41 Å². The van der Waals surface area contributed by atoms with Gasteiger partial charge in [0.2, 0.25) is 0 Å². The third kappa shape index (κ3) is 3.39. The van der Waals surface area contributed by atoms with Gasteiger partial charge in [-0.1, -0.05) is 56.3 Å². The van der Waals surface area contributed by atoms with E-state index in [2.05, 4.69) is 31.9 Å². The number of hydrogen-bond acceptors (Lipinski definition) is 1. The Morgan fingerprint density at radius 2 is 2.00 bits per heavy atom. The molecule has 17 heavy (non-hydrogen) atoms. The molecule has 0 bridgehead atoms. The Labute approximate surface area is 124 Å². The summed E-state index contributed by atoms with van der Waals surface area (Å²) in [5, 5.41) is 1.68. The van der Waals surface area contributed by atoms with Crippen molar-refractivity contribution in [3.05, 3.63) is 27.7 Å². The Bertz CT molecular complexity index is 389. The average Bonchev–Trinajstić information content (AvgIpc) is 2.80. The van der Waals surface area contributed by atoms with E-state index in [4.69, 9.17) is 16.3 Å². The van der Waals surface area contributed by atoms with Crippen molar-refractivity contribution in [2.45, 2.75) is 25.7 Å². The maximum absolute atomic E-state index is 6.11. The van der Waals surface area contributed by atoms with Gasteiger partial charge in [0.25, 0.3) is 0 Å². The molecule has 0 radical (unpaired) electrons. The molecule has 1 aromatic carbocycles. The lowest BCUT2D eigenvalue weighted by atomic mass is 9.90. The van der Waals surface area contributed by atoms with Gasteiger partial charge < -0.3 is 4.74 Å². The zero-order valence-electron chi connectivity index (χ0n) is 9.52. The molecule has 0 spiro atoms. The lowest BCUT2D eigenvalue weighted by molar-refractivity contribution is 0.174. The van der Waals surface area contributed by atoms with Crippen LogP contribution in [0.25, 0.3) is 0 Å². The highest BCUT2D eigenvalue weighted by Crippen LogP contribution is 2.40. The largest absolute Gasteiger partial charge is 0.491 e. The summed E-state index contributed by atoms with van der Waals surface area (Å²) in [7, 11) is 0. The number of hydrogen-bond donors (Lipinski definition) is 0. The molecule has 0 saturated heterocycles. The van der Waals surface area contributed by atoms with Gasteiger partial charge in [0.05, 0.1) is 11.6 Å². The molecule has 1 fully saturated rings. The van der Waals surface area contributed by atoms with Gasteiger partial charge in [-0.2, -0.15) is 0 Å². The van der Waals surface area contributed by atoms with Crippen molar-refractivity contribution in [2.75, 3.05) is 11.9 Å². The SMILES string of the molecule is Clc1ccc(Br)cc1OCC1(CBr)CCCC1. The van der Waals surface area contributed by atoms with E-state index < -0.39 is 0 Å². The van der Waals surface area contributed by atoms with Crippen LogP contribution in [0.15, 0.2) is 22.7 Å². The van der Waals surface area contributed by atoms with Crippen LogP contribution in [-0.4, -0.2) is 11.9 Å². The van der Waals surface area contributed by atoms with Crippen molar-refractivity contribution in [3.8, 4) is 5.75 Å². The standard InChI is InChI=1S/C13H15Br2ClO/c14-8-13(5-1-2-6-13)9-17-12-7-10(15)3-4-11(12)16/h3-4,7H,1-2,5-6,8-9H2. The summed E-state index contributed by atoms with van der Waals surface area (Å²) in [6, 6.07) is 5.71. The molecule has 1 aliphatic carbocycles. The van der Waals surface area contributed by atoms with Gasteiger partial charge >= 0.3 is 0 Å². The molecule has 4 heteroatoms. The molecule has 0 unspecified atom stereocenters. The minimum atomic E-state index is 0.297. The van der Waals surface area contributed by atoms with Crippen LogP contribution in [0.1, 0.15) is 25.7 Å². The van der Waals surface area contributed by atoms with Crippen molar-refractivity contribution in [2.24, 2.45) is 5.41 Å².